The van der Waals surface area contributed by atoms with Gasteiger partial charge in [0.25, 0.3) is 0 Å². The van der Waals surface area contributed by atoms with Gasteiger partial charge in [-0.3, -0.25) is 4.79 Å². The Labute approximate surface area is 129 Å². The van der Waals surface area contributed by atoms with E-state index in [1.54, 1.807) is 12.1 Å². The predicted octanol–water partition coefficient (Wildman–Crippen LogP) is 3.48. The van der Waals surface area contributed by atoms with Crippen LogP contribution in [0.15, 0.2) is 42.5 Å². The second-order valence-electron chi connectivity index (χ2n) is 5.54. The average molecular weight is 299 g/mol. The number of rotatable bonds is 3. The Hall–Kier alpha value is -2.36. The van der Waals surface area contributed by atoms with E-state index in [9.17, 15) is 9.18 Å². The van der Waals surface area contributed by atoms with Crippen LogP contribution >= 0.6 is 0 Å². The summed E-state index contributed by atoms with van der Waals surface area (Å²) in [6, 6.07) is 12.8. The number of hydrogen-bond acceptors (Lipinski definition) is 2. The minimum Gasteiger partial charge on any atom is -0.494 e. The molecule has 0 saturated heterocycles. The molecule has 0 aliphatic carbocycles. The molecule has 1 aliphatic heterocycles. The second-order valence-corrected chi connectivity index (χ2v) is 5.54. The van der Waals surface area contributed by atoms with Crippen LogP contribution in [0.4, 0.5) is 4.39 Å². The fourth-order valence-electron chi connectivity index (χ4n) is 2.97. The van der Waals surface area contributed by atoms with Crippen molar-refractivity contribution in [3.63, 3.8) is 0 Å². The van der Waals surface area contributed by atoms with Gasteiger partial charge in [0.15, 0.2) is 11.6 Å². The maximum Gasteiger partial charge on any atom is 0.227 e. The summed E-state index contributed by atoms with van der Waals surface area (Å²) in [5.41, 5.74) is 3.03. The highest BCUT2D eigenvalue weighted by molar-refractivity contribution is 5.80. The Balaban J connectivity index is 1.75. The minimum atomic E-state index is -0.439. The zero-order valence-electron chi connectivity index (χ0n) is 12.7. The first kappa shape index (κ1) is 14.6. The van der Waals surface area contributed by atoms with Crippen molar-refractivity contribution in [1.29, 1.82) is 0 Å². The van der Waals surface area contributed by atoms with Crippen LogP contribution in [-0.2, 0) is 17.8 Å². The summed E-state index contributed by atoms with van der Waals surface area (Å²) in [6.45, 7) is 2.65. The summed E-state index contributed by atoms with van der Waals surface area (Å²) < 4.78 is 18.6. The molecule has 1 aliphatic rings. The summed E-state index contributed by atoms with van der Waals surface area (Å²) in [6.07, 6.45) is 0.194. The molecular weight excluding hydrogens is 281 g/mol. The standard InChI is InChI=1S/C18H18FNO2/c1-12-15-6-4-3-5-14(15)11-20(12)18(21)10-13-7-8-17(22-2)16(19)9-13/h3-9,12H,10-11H2,1-2H3. The van der Waals surface area contributed by atoms with Crippen molar-refractivity contribution in [2.45, 2.75) is 25.9 Å². The molecule has 0 bridgehead atoms. The number of fused-ring (bicyclic) bond motifs is 1. The van der Waals surface area contributed by atoms with Crippen LogP contribution in [0.2, 0.25) is 0 Å². The predicted molar refractivity (Wildman–Crippen MR) is 82.1 cm³/mol. The zero-order valence-corrected chi connectivity index (χ0v) is 12.7. The van der Waals surface area contributed by atoms with Gasteiger partial charge >= 0.3 is 0 Å². The Morgan fingerprint density at radius 2 is 2.09 bits per heavy atom. The number of halogens is 1. The maximum atomic E-state index is 13.7. The van der Waals surface area contributed by atoms with E-state index >= 15 is 0 Å². The van der Waals surface area contributed by atoms with Crippen LogP contribution in [0.5, 0.6) is 5.75 Å². The topological polar surface area (TPSA) is 29.5 Å². The quantitative estimate of drug-likeness (QED) is 0.868. The van der Waals surface area contributed by atoms with Gasteiger partial charge in [0.2, 0.25) is 5.91 Å². The van der Waals surface area contributed by atoms with E-state index < -0.39 is 5.82 Å². The lowest BCUT2D eigenvalue weighted by Gasteiger charge is -2.22. The van der Waals surface area contributed by atoms with Crippen molar-refractivity contribution in [3.05, 3.63) is 65.0 Å². The molecule has 3 nitrogen and oxygen atoms in total. The molecule has 1 amide bonds. The normalized spacial score (nSPS) is 16.5. The van der Waals surface area contributed by atoms with E-state index in [0.29, 0.717) is 12.1 Å². The van der Waals surface area contributed by atoms with Crippen molar-refractivity contribution in [2.24, 2.45) is 0 Å². The first-order chi connectivity index (χ1) is 10.6. The number of amides is 1. The summed E-state index contributed by atoms with van der Waals surface area (Å²) in [5.74, 6) is -0.239. The van der Waals surface area contributed by atoms with Gasteiger partial charge in [0.05, 0.1) is 19.6 Å². The van der Waals surface area contributed by atoms with E-state index in [4.69, 9.17) is 4.74 Å². The zero-order chi connectivity index (χ0) is 15.7. The number of ether oxygens (including phenoxy) is 1. The maximum absolute atomic E-state index is 13.7. The Morgan fingerprint density at radius 3 is 2.77 bits per heavy atom. The SMILES string of the molecule is COc1ccc(CC(=O)N2Cc3ccccc3C2C)cc1F. The molecule has 0 spiro atoms. The minimum absolute atomic E-state index is 0.00765. The van der Waals surface area contributed by atoms with Crippen LogP contribution < -0.4 is 4.74 Å². The number of carbonyl (C=O) groups is 1. The van der Waals surface area contributed by atoms with Gasteiger partial charge in [-0.1, -0.05) is 30.3 Å². The molecule has 4 heteroatoms. The fraction of sp³-hybridized carbons (Fsp3) is 0.278. The first-order valence-electron chi connectivity index (χ1n) is 7.30. The summed E-state index contributed by atoms with van der Waals surface area (Å²) >= 11 is 0. The third kappa shape index (κ3) is 2.56. The van der Waals surface area contributed by atoms with Gasteiger partial charge in [-0.15, -0.1) is 0 Å². The summed E-state index contributed by atoms with van der Waals surface area (Å²) in [5, 5.41) is 0. The van der Waals surface area contributed by atoms with Crippen molar-refractivity contribution in [3.8, 4) is 5.75 Å². The van der Waals surface area contributed by atoms with Gasteiger partial charge in [0.1, 0.15) is 0 Å². The lowest BCUT2D eigenvalue weighted by atomic mass is 10.1. The molecule has 2 aromatic rings. The molecule has 1 heterocycles. The van der Waals surface area contributed by atoms with Gasteiger partial charge in [0, 0.05) is 6.54 Å². The molecule has 1 unspecified atom stereocenters. The second kappa shape index (κ2) is 5.79. The first-order valence-corrected chi connectivity index (χ1v) is 7.30. The molecule has 0 aromatic heterocycles. The lowest BCUT2D eigenvalue weighted by molar-refractivity contribution is -0.132. The van der Waals surface area contributed by atoms with Crippen LogP contribution in [0.1, 0.15) is 29.7 Å². The van der Waals surface area contributed by atoms with E-state index in [-0.39, 0.29) is 24.1 Å². The lowest BCUT2D eigenvalue weighted by Crippen LogP contribution is -2.29. The van der Waals surface area contributed by atoms with E-state index in [2.05, 4.69) is 6.07 Å². The molecule has 0 saturated carbocycles. The number of carbonyl (C=O) groups excluding carboxylic acids is 1. The van der Waals surface area contributed by atoms with Crippen LogP contribution in [-0.4, -0.2) is 17.9 Å². The largest absolute Gasteiger partial charge is 0.494 e. The molecule has 2 aromatic carbocycles. The Kier molecular flexibility index (Phi) is 3.84. The Bertz CT molecular complexity index is 714. The molecule has 3 rings (SSSR count). The third-order valence-corrected chi connectivity index (χ3v) is 4.21. The molecule has 0 fully saturated rings. The van der Waals surface area contributed by atoms with Gasteiger partial charge in [-0.05, 0) is 35.7 Å². The third-order valence-electron chi connectivity index (χ3n) is 4.21. The molecule has 114 valence electrons. The van der Waals surface area contributed by atoms with Crippen LogP contribution in [0.3, 0.4) is 0 Å². The molecule has 1 atom stereocenters. The molecule has 0 N–H and O–H groups in total. The van der Waals surface area contributed by atoms with E-state index in [1.807, 2.05) is 30.0 Å². The van der Waals surface area contributed by atoms with Gasteiger partial charge in [-0.25, -0.2) is 4.39 Å². The van der Waals surface area contributed by atoms with Crippen LogP contribution in [0.25, 0.3) is 0 Å². The number of hydrogen-bond donors (Lipinski definition) is 0. The monoisotopic (exact) mass is 299 g/mol. The highest BCUT2D eigenvalue weighted by Crippen LogP contribution is 2.33. The number of benzene rings is 2. The van der Waals surface area contributed by atoms with Gasteiger partial charge in [-0.2, -0.15) is 0 Å². The van der Waals surface area contributed by atoms with Crippen molar-refractivity contribution in [2.75, 3.05) is 7.11 Å². The molecular formula is C18H18FNO2. The molecule has 22 heavy (non-hydrogen) atoms. The highest BCUT2D eigenvalue weighted by atomic mass is 19.1. The fourth-order valence-corrected chi connectivity index (χ4v) is 2.97. The smallest absolute Gasteiger partial charge is 0.227 e. The van der Waals surface area contributed by atoms with Crippen molar-refractivity contribution >= 4 is 5.91 Å². The Morgan fingerprint density at radius 1 is 1.32 bits per heavy atom. The van der Waals surface area contributed by atoms with E-state index in [1.165, 1.54) is 24.3 Å². The average Bonchev–Trinajstić information content (AvgIpc) is 2.85. The van der Waals surface area contributed by atoms with Crippen LogP contribution in [0, 0.1) is 5.82 Å². The summed E-state index contributed by atoms with van der Waals surface area (Å²) in [7, 11) is 1.42. The molecule has 0 radical (unpaired) electrons. The van der Waals surface area contributed by atoms with Crippen molar-refractivity contribution < 1.29 is 13.9 Å². The van der Waals surface area contributed by atoms with Crippen molar-refractivity contribution in [1.82, 2.24) is 4.90 Å². The number of methoxy groups -OCH3 is 1. The number of nitrogens with zero attached hydrogens (tertiary/aromatic N) is 1. The van der Waals surface area contributed by atoms with Gasteiger partial charge < -0.3 is 9.64 Å². The van der Waals surface area contributed by atoms with E-state index in [0.717, 1.165) is 0 Å². The summed E-state index contributed by atoms with van der Waals surface area (Å²) in [4.78, 5) is 14.4. The highest BCUT2D eigenvalue weighted by Gasteiger charge is 2.29.